The number of nitriles is 2. The van der Waals surface area contributed by atoms with E-state index in [2.05, 4.69) is 10.2 Å². The fourth-order valence-electron chi connectivity index (χ4n) is 1.59. The first kappa shape index (κ1) is 13.3. The summed E-state index contributed by atoms with van der Waals surface area (Å²) in [6.45, 7) is 0. The van der Waals surface area contributed by atoms with Crippen molar-refractivity contribution in [3.63, 3.8) is 0 Å². The van der Waals surface area contributed by atoms with E-state index in [4.69, 9.17) is 10.5 Å². The molecule has 0 aliphatic heterocycles. The predicted molar refractivity (Wildman–Crippen MR) is 74.9 cm³/mol. The van der Waals surface area contributed by atoms with E-state index >= 15 is 0 Å². The Morgan fingerprint density at radius 3 is 2.40 bits per heavy atom. The largest absolute Gasteiger partial charge is 0.378 e. The van der Waals surface area contributed by atoms with Crippen molar-refractivity contribution in [2.75, 3.05) is 19.0 Å². The van der Waals surface area contributed by atoms with Crippen molar-refractivity contribution >= 4 is 11.8 Å². The van der Waals surface area contributed by atoms with Crippen LogP contribution in [0.5, 0.6) is 0 Å². The van der Waals surface area contributed by atoms with E-state index in [9.17, 15) is 0 Å². The molecule has 0 fully saturated rings. The molecule has 6 heteroatoms. The number of allylic oxidation sites excluding steroid dienone is 1. The summed E-state index contributed by atoms with van der Waals surface area (Å²) in [5.41, 5.74) is 2.36. The lowest BCUT2D eigenvalue weighted by Crippen LogP contribution is -2.08. The second-order valence-corrected chi connectivity index (χ2v) is 4.25. The number of rotatable bonds is 3. The molecule has 0 bridgehead atoms. The molecular formula is C14H12N6. The molecular weight excluding hydrogens is 252 g/mol. The summed E-state index contributed by atoms with van der Waals surface area (Å²) in [5, 5.41) is 25.7. The van der Waals surface area contributed by atoms with E-state index in [1.54, 1.807) is 12.1 Å². The van der Waals surface area contributed by atoms with E-state index in [1.807, 2.05) is 43.3 Å². The lowest BCUT2D eigenvalue weighted by Gasteiger charge is -2.12. The fourth-order valence-corrected chi connectivity index (χ4v) is 1.59. The molecule has 0 unspecified atom stereocenters. The van der Waals surface area contributed by atoms with Crippen LogP contribution in [0.2, 0.25) is 0 Å². The SMILES string of the molecule is CN(C)c1ccc(-n2ncc(C=C(C#N)C#N)n2)cc1. The fraction of sp³-hybridized carbons (Fsp3) is 0.143. The monoisotopic (exact) mass is 264 g/mol. The van der Waals surface area contributed by atoms with Gasteiger partial charge in [-0.3, -0.25) is 0 Å². The van der Waals surface area contributed by atoms with Gasteiger partial charge in [0.25, 0.3) is 0 Å². The molecule has 0 N–H and O–H groups in total. The van der Waals surface area contributed by atoms with Gasteiger partial charge in [0.2, 0.25) is 0 Å². The molecule has 2 rings (SSSR count). The second kappa shape index (κ2) is 5.68. The minimum absolute atomic E-state index is 0.00000529. The quantitative estimate of drug-likeness (QED) is 0.789. The Bertz CT molecular complexity index is 693. The first-order valence-corrected chi connectivity index (χ1v) is 5.86. The maximum absolute atomic E-state index is 8.69. The normalized spacial score (nSPS) is 9.40. The van der Waals surface area contributed by atoms with Gasteiger partial charge in [-0.1, -0.05) is 0 Å². The molecule has 0 saturated heterocycles. The summed E-state index contributed by atoms with van der Waals surface area (Å²) in [4.78, 5) is 3.46. The molecule has 1 aromatic heterocycles. The van der Waals surface area contributed by atoms with Gasteiger partial charge < -0.3 is 4.90 Å². The Hall–Kier alpha value is -3.12. The van der Waals surface area contributed by atoms with E-state index in [0.29, 0.717) is 5.69 Å². The molecule has 0 saturated carbocycles. The zero-order chi connectivity index (χ0) is 14.5. The van der Waals surface area contributed by atoms with Crippen LogP contribution in [0.1, 0.15) is 5.69 Å². The minimum Gasteiger partial charge on any atom is -0.378 e. The lowest BCUT2D eigenvalue weighted by atomic mass is 10.3. The Labute approximate surface area is 116 Å². The van der Waals surface area contributed by atoms with Gasteiger partial charge in [0.05, 0.1) is 11.9 Å². The van der Waals surface area contributed by atoms with Crippen molar-refractivity contribution in [2.45, 2.75) is 0 Å². The molecule has 6 nitrogen and oxygen atoms in total. The summed E-state index contributed by atoms with van der Waals surface area (Å²) in [5.74, 6) is 0. The molecule has 98 valence electrons. The molecule has 0 radical (unpaired) electrons. The Kier molecular flexibility index (Phi) is 3.78. The summed E-state index contributed by atoms with van der Waals surface area (Å²) < 4.78 is 0. The second-order valence-electron chi connectivity index (χ2n) is 4.25. The van der Waals surface area contributed by atoms with Crippen molar-refractivity contribution in [2.24, 2.45) is 0 Å². The van der Waals surface area contributed by atoms with Crippen molar-refractivity contribution in [1.29, 1.82) is 10.5 Å². The number of anilines is 1. The highest BCUT2D eigenvalue weighted by Crippen LogP contribution is 2.14. The van der Waals surface area contributed by atoms with Gasteiger partial charge in [-0.2, -0.15) is 20.4 Å². The number of nitrogens with zero attached hydrogens (tertiary/aromatic N) is 6. The molecule has 0 aliphatic rings. The zero-order valence-electron chi connectivity index (χ0n) is 11.1. The molecule has 0 amide bonds. The van der Waals surface area contributed by atoms with Gasteiger partial charge in [0.1, 0.15) is 23.4 Å². The van der Waals surface area contributed by atoms with Crippen LogP contribution >= 0.6 is 0 Å². The van der Waals surface area contributed by atoms with Gasteiger partial charge in [0, 0.05) is 19.8 Å². The highest BCUT2D eigenvalue weighted by molar-refractivity contribution is 5.59. The Morgan fingerprint density at radius 2 is 1.85 bits per heavy atom. The molecule has 1 heterocycles. The molecule has 1 aromatic carbocycles. The van der Waals surface area contributed by atoms with Crippen molar-refractivity contribution in [3.05, 3.63) is 41.7 Å². The van der Waals surface area contributed by atoms with Crippen LogP contribution in [0.15, 0.2) is 36.0 Å². The molecule has 0 spiro atoms. The highest BCUT2D eigenvalue weighted by Gasteiger charge is 2.03. The van der Waals surface area contributed by atoms with E-state index in [0.717, 1.165) is 11.4 Å². The van der Waals surface area contributed by atoms with Crippen LogP contribution in [0.25, 0.3) is 11.8 Å². The first-order chi connectivity index (χ1) is 9.63. The van der Waals surface area contributed by atoms with Crippen molar-refractivity contribution in [3.8, 4) is 17.8 Å². The number of hydrogen-bond acceptors (Lipinski definition) is 5. The third kappa shape index (κ3) is 2.82. The third-order valence-electron chi connectivity index (χ3n) is 2.64. The number of hydrogen-bond donors (Lipinski definition) is 0. The third-order valence-corrected chi connectivity index (χ3v) is 2.64. The van der Waals surface area contributed by atoms with Crippen LogP contribution in [0, 0.1) is 22.7 Å². The number of aromatic nitrogens is 3. The molecule has 0 atom stereocenters. The average Bonchev–Trinajstić information content (AvgIpc) is 2.93. The van der Waals surface area contributed by atoms with Gasteiger partial charge >= 0.3 is 0 Å². The van der Waals surface area contributed by atoms with Crippen LogP contribution in [0.4, 0.5) is 5.69 Å². The zero-order valence-corrected chi connectivity index (χ0v) is 11.1. The topological polar surface area (TPSA) is 81.5 Å². The summed E-state index contributed by atoms with van der Waals surface area (Å²) in [6, 6.07) is 11.3. The van der Waals surface area contributed by atoms with E-state index in [1.165, 1.54) is 17.1 Å². The maximum atomic E-state index is 8.69. The predicted octanol–water partition coefficient (Wildman–Crippen LogP) is 1.76. The maximum Gasteiger partial charge on any atom is 0.131 e. The van der Waals surface area contributed by atoms with E-state index < -0.39 is 0 Å². The van der Waals surface area contributed by atoms with Crippen LogP contribution < -0.4 is 4.90 Å². The van der Waals surface area contributed by atoms with Crippen molar-refractivity contribution < 1.29 is 0 Å². The summed E-state index contributed by atoms with van der Waals surface area (Å²) >= 11 is 0. The average molecular weight is 264 g/mol. The van der Waals surface area contributed by atoms with Gasteiger partial charge in [-0.15, -0.1) is 5.10 Å². The molecule has 2 aromatic rings. The Balaban J connectivity index is 2.28. The van der Waals surface area contributed by atoms with Crippen LogP contribution in [0.3, 0.4) is 0 Å². The smallest absolute Gasteiger partial charge is 0.131 e. The molecule has 20 heavy (non-hydrogen) atoms. The Morgan fingerprint density at radius 1 is 1.20 bits per heavy atom. The summed E-state index contributed by atoms with van der Waals surface area (Å²) in [7, 11) is 3.94. The lowest BCUT2D eigenvalue weighted by molar-refractivity contribution is 0.750. The minimum atomic E-state index is 0.00000529. The first-order valence-electron chi connectivity index (χ1n) is 5.86. The molecule has 0 aliphatic carbocycles. The van der Waals surface area contributed by atoms with Gasteiger partial charge in [-0.05, 0) is 30.3 Å². The van der Waals surface area contributed by atoms with Crippen LogP contribution in [-0.4, -0.2) is 29.1 Å². The highest BCUT2D eigenvalue weighted by atomic mass is 15.5. The van der Waals surface area contributed by atoms with Crippen LogP contribution in [-0.2, 0) is 0 Å². The standard InChI is InChI=1S/C14H12N6/c1-19(2)13-3-5-14(6-4-13)20-17-10-12(18-20)7-11(8-15)9-16/h3-7,10H,1-2H3. The van der Waals surface area contributed by atoms with Gasteiger partial charge in [-0.25, -0.2) is 0 Å². The van der Waals surface area contributed by atoms with E-state index in [-0.39, 0.29) is 5.57 Å². The number of benzene rings is 1. The van der Waals surface area contributed by atoms with Crippen molar-refractivity contribution in [1.82, 2.24) is 15.0 Å². The summed E-state index contributed by atoms with van der Waals surface area (Å²) in [6.07, 6.45) is 2.91. The van der Waals surface area contributed by atoms with Gasteiger partial charge in [0.15, 0.2) is 0 Å².